The smallest absolute Gasteiger partial charge is 0.192 e. The summed E-state index contributed by atoms with van der Waals surface area (Å²) in [6, 6.07) is 6.73. The number of halogens is 2. The number of rotatable bonds is 2. The van der Waals surface area contributed by atoms with E-state index in [0.29, 0.717) is 5.02 Å². The lowest BCUT2D eigenvalue weighted by Crippen LogP contribution is -2.01. The fourth-order valence-corrected chi connectivity index (χ4v) is 1.78. The number of hydrogen-bond acceptors (Lipinski definition) is 2. The zero-order valence-corrected chi connectivity index (χ0v) is 8.25. The van der Waals surface area contributed by atoms with Gasteiger partial charge in [0, 0.05) is 11.1 Å². The van der Waals surface area contributed by atoms with Crippen molar-refractivity contribution in [1.29, 1.82) is 0 Å². The predicted molar refractivity (Wildman–Crippen MR) is 48.2 cm³/mol. The summed E-state index contributed by atoms with van der Waals surface area (Å²) in [6.07, 6.45) is 0. The molecule has 0 saturated carbocycles. The summed E-state index contributed by atoms with van der Waals surface area (Å²) in [4.78, 5) is 0.141. The van der Waals surface area contributed by atoms with Crippen LogP contribution in [0.3, 0.4) is 0 Å². The van der Waals surface area contributed by atoms with Crippen molar-refractivity contribution in [3.05, 3.63) is 29.3 Å². The highest BCUT2D eigenvalue weighted by Crippen LogP contribution is 2.15. The third-order valence-electron chi connectivity index (χ3n) is 1.25. The first-order valence-corrected chi connectivity index (χ1v) is 5.59. The van der Waals surface area contributed by atoms with Gasteiger partial charge in [-0.25, -0.2) is 8.42 Å². The molecule has 0 unspecified atom stereocenters. The Labute approximate surface area is 81.0 Å². The minimum absolute atomic E-state index is 0.141. The number of sulfone groups is 1. The van der Waals surface area contributed by atoms with Gasteiger partial charge in [-0.2, -0.15) is 0 Å². The Morgan fingerprint density at radius 3 is 2.50 bits per heavy atom. The van der Waals surface area contributed by atoms with E-state index < -0.39 is 15.0 Å². The molecule has 0 aliphatic heterocycles. The third kappa shape index (κ3) is 2.12. The Hall–Kier alpha value is -0.250. The standard InChI is InChI=1S/C7H5Cl2O2S/c8-5-12(10,11)7-3-1-6(9)2-4-7/h1,3-4H,5H2. The molecular formula is C7H5Cl2O2S. The van der Waals surface area contributed by atoms with Gasteiger partial charge in [0.15, 0.2) is 9.84 Å². The van der Waals surface area contributed by atoms with Crippen LogP contribution in [0, 0.1) is 6.07 Å². The largest absolute Gasteiger partial charge is 0.222 e. The summed E-state index contributed by atoms with van der Waals surface area (Å²) in [6.45, 7) is 0. The Balaban J connectivity index is 3.14. The Morgan fingerprint density at radius 2 is 2.08 bits per heavy atom. The minimum Gasteiger partial charge on any atom is -0.222 e. The van der Waals surface area contributed by atoms with Gasteiger partial charge in [-0.05, 0) is 18.2 Å². The highest BCUT2D eigenvalue weighted by molar-refractivity contribution is 7.92. The molecule has 0 bridgehead atoms. The van der Waals surface area contributed by atoms with Gasteiger partial charge in [0.05, 0.1) is 4.90 Å². The molecule has 1 radical (unpaired) electrons. The maximum absolute atomic E-state index is 11.1. The summed E-state index contributed by atoms with van der Waals surface area (Å²) in [5.41, 5.74) is 0. The molecule has 0 amide bonds. The maximum atomic E-state index is 11.1. The van der Waals surface area contributed by atoms with Crippen molar-refractivity contribution >= 4 is 33.0 Å². The second-order valence-electron chi connectivity index (χ2n) is 2.10. The van der Waals surface area contributed by atoms with E-state index in [9.17, 15) is 8.42 Å². The van der Waals surface area contributed by atoms with Crippen molar-refractivity contribution in [3.8, 4) is 0 Å². The van der Waals surface area contributed by atoms with Gasteiger partial charge in [-0.3, -0.25) is 0 Å². The van der Waals surface area contributed by atoms with Crippen LogP contribution < -0.4 is 0 Å². The van der Waals surface area contributed by atoms with E-state index in [-0.39, 0.29) is 4.90 Å². The second-order valence-corrected chi connectivity index (χ2v) is 5.08. The molecule has 0 N–H and O–H groups in total. The van der Waals surface area contributed by atoms with Crippen LogP contribution in [0.15, 0.2) is 23.1 Å². The molecule has 1 aromatic rings. The van der Waals surface area contributed by atoms with Crippen LogP contribution >= 0.6 is 23.2 Å². The number of benzene rings is 1. The Kier molecular flexibility index (Phi) is 2.99. The van der Waals surface area contributed by atoms with Crippen LogP contribution in [-0.4, -0.2) is 13.6 Å². The maximum Gasteiger partial charge on any atom is 0.192 e. The Morgan fingerprint density at radius 1 is 1.42 bits per heavy atom. The van der Waals surface area contributed by atoms with E-state index in [4.69, 9.17) is 23.2 Å². The average Bonchev–Trinajstić information content (AvgIpc) is 2.05. The molecule has 0 fully saturated rings. The molecule has 0 aliphatic carbocycles. The lowest BCUT2D eigenvalue weighted by Gasteiger charge is -1.98. The van der Waals surface area contributed by atoms with E-state index in [1.807, 2.05) is 0 Å². The van der Waals surface area contributed by atoms with Gasteiger partial charge in [0.1, 0.15) is 5.21 Å². The van der Waals surface area contributed by atoms with Crippen molar-refractivity contribution in [2.75, 3.05) is 5.21 Å². The monoisotopic (exact) mass is 223 g/mol. The number of hydrogen-bond donors (Lipinski definition) is 0. The Bertz CT molecular complexity index is 355. The van der Waals surface area contributed by atoms with Crippen molar-refractivity contribution in [1.82, 2.24) is 0 Å². The molecule has 1 aromatic carbocycles. The van der Waals surface area contributed by atoms with E-state index in [2.05, 4.69) is 6.07 Å². The predicted octanol–water partition coefficient (Wildman–Crippen LogP) is 2.11. The lowest BCUT2D eigenvalue weighted by atomic mass is 10.4. The topological polar surface area (TPSA) is 34.1 Å². The van der Waals surface area contributed by atoms with Crippen LogP contribution in [0.5, 0.6) is 0 Å². The molecular weight excluding hydrogens is 219 g/mol. The molecule has 0 heterocycles. The third-order valence-corrected chi connectivity index (χ3v) is 3.61. The highest BCUT2D eigenvalue weighted by Gasteiger charge is 2.11. The molecule has 1 rings (SSSR count). The second kappa shape index (κ2) is 3.64. The normalized spacial score (nSPS) is 11.5. The van der Waals surface area contributed by atoms with Gasteiger partial charge >= 0.3 is 0 Å². The fourth-order valence-electron chi connectivity index (χ4n) is 0.648. The van der Waals surface area contributed by atoms with Crippen molar-refractivity contribution < 1.29 is 8.42 Å². The molecule has 65 valence electrons. The average molecular weight is 224 g/mol. The van der Waals surface area contributed by atoms with Gasteiger partial charge < -0.3 is 0 Å². The SMILES string of the molecule is O=S(=O)(CCl)c1c[c]c(Cl)cc1. The summed E-state index contributed by atoms with van der Waals surface area (Å²) >= 11 is 10.8. The van der Waals surface area contributed by atoms with Crippen LogP contribution in [0.25, 0.3) is 0 Å². The van der Waals surface area contributed by atoms with Crippen LogP contribution in [0.4, 0.5) is 0 Å². The summed E-state index contributed by atoms with van der Waals surface area (Å²) in [7, 11) is -3.34. The van der Waals surface area contributed by atoms with E-state index >= 15 is 0 Å². The highest BCUT2D eigenvalue weighted by atomic mass is 35.5. The molecule has 0 saturated heterocycles. The van der Waals surface area contributed by atoms with Crippen LogP contribution in [0.1, 0.15) is 0 Å². The fraction of sp³-hybridized carbons (Fsp3) is 0.143. The van der Waals surface area contributed by atoms with Crippen molar-refractivity contribution in [2.24, 2.45) is 0 Å². The van der Waals surface area contributed by atoms with Gasteiger partial charge in [0.25, 0.3) is 0 Å². The van der Waals surface area contributed by atoms with Crippen molar-refractivity contribution in [2.45, 2.75) is 4.90 Å². The number of alkyl halides is 1. The summed E-state index contributed by atoms with van der Waals surface area (Å²) in [5.74, 6) is 0. The minimum atomic E-state index is -3.34. The molecule has 0 aliphatic rings. The summed E-state index contributed by atoms with van der Waals surface area (Å²) < 4.78 is 22.2. The first-order chi connectivity index (χ1) is 5.56. The molecule has 0 aromatic heterocycles. The molecule has 2 nitrogen and oxygen atoms in total. The first kappa shape index (κ1) is 9.84. The lowest BCUT2D eigenvalue weighted by molar-refractivity contribution is 0.600. The first-order valence-electron chi connectivity index (χ1n) is 3.02. The summed E-state index contributed by atoms with van der Waals surface area (Å²) in [5, 5.41) is -0.0498. The van der Waals surface area contributed by atoms with Crippen LogP contribution in [0.2, 0.25) is 5.02 Å². The van der Waals surface area contributed by atoms with Gasteiger partial charge in [0.2, 0.25) is 0 Å². The zero-order chi connectivity index (χ0) is 9.19. The van der Waals surface area contributed by atoms with E-state index in [1.165, 1.54) is 18.2 Å². The van der Waals surface area contributed by atoms with Crippen LogP contribution in [-0.2, 0) is 9.84 Å². The zero-order valence-electron chi connectivity index (χ0n) is 5.92. The van der Waals surface area contributed by atoms with Gasteiger partial charge in [-0.1, -0.05) is 11.6 Å². The van der Waals surface area contributed by atoms with Crippen molar-refractivity contribution in [3.63, 3.8) is 0 Å². The molecule has 12 heavy (non-hydrogen) atoms. The quantitative estimate of drug-likeness (QED) is 0.721. The molecule has 0 atom stereocenters. The van der Waals surface area contributed by atoms with E-state index in [0.717, 1.165) is 0 Å². The molecule has 0 spiro atoms. The van der Waals surface area contributed by atoms with Gasteiger partial charge in [-0.15, -0.1) is 11.6 Å². The van der Waals surface area contributed by atoms with E-state index in [1.54, 1.807) is 0 Å². The molecule has 5 heteroatoms.